The van der Waals surface area contributed by atoms with E-state index in [1.807, 2.05) is 6.07 Å². The Hall–Kier alpha value is -2.86. The molecule has 23 heavy (non-hydrogen) atoms. The van der Waals surface area contributed by atoms with E-state index < -0.39 is 17.8 Å². The number of nitrogens with one attached hydrogen (secondary N) is 1. The van der Waals surface area contributed by atoms with Gasteiger partial charge >= 0.3 is 6.03 Å². The van der Waals surface area contributed by atoms with Gasteiger partial charge in [-0.15, -0.1) is 0 Å². The Labute approximate surface area is 136 Å². The van der Waals surface area contributed by atoms with Gasteiger partial charge in [-0.05, 0) is 30.3 Å². The summed E-state index contributed by atoms with van der Waals surface area (Å²) in [5, 5.41) is 2.65. The Bertz CT molecular complexity index is 853. The van der Waals surface area contributed by atoms with Crippen molar-refractivity contribution in [1.29, 1.82) is 0 Å². The van der Waals surface area contributed by atoms with E-state index in [2.05, 4.69) is 5.32 Å². The van der Waals surface area contributed by atoms with Gasteiger partial charge in [0.2, 0.25) is 0 Å². The van der Waals surface area contributed by atoms with E-state index in [0.29, 0.717) is 16.5 Å². The number of carbonyl (C=O) groups is 3. The Morgan fingerprint density at radius 2 is 1.96 bits per heavy atom. The fourth-order valence-electron chi connectivity index (χ4n) is 2.12. The highest BCUT2D eigenvalue weighted by molar-refractivity contribution is 6.31. The molecular formula is C16H11ClN2O4. The third-order valence-electron chi connectivity index (χ3n) is 3.33. The highest BCUT2D eigenvalue weighted by atomic mass is 35.5. The first-order valence-corrected chi connectivity index (χ1v) is 7.04. The summed E-state index contributed by atoms with van der Waals surface area (Å²) in [5.41, 5.74) is 0.605. The van der Waals surface area contributed by atoms with Crippen molar-refractivity contribution in [3.63, 3.8) is 0 Å². The lowest BCUT2D eigenvalue weighted by atomic mass is 10.1. The molecule has 0 atom stereocenters. The highest BCUT2D eigenvalue weighted by Crippen LogP contribution is 2.26. The maximum Gasteiger partial charge on any atom is 0.331 e. The summed E-state index contributed by atoms with van der Waals surface area (Å²) in [6.45, 7) is 0. The quantitative estimate of drug-likeness (QED) is 0.678. The molecule has 116 valence electrons. The monoisotopic (exact) mass is 330 g/mol. The average Bonchev–Trinajstić information content (AvgIpc) is 2.98. The molecule has 2 aromatic rings. The van der Waals surface area contributed by atoms with Crippen molar-refractivity contribution < 1.29 is 18.8 Å². The van der Waals surface area contributed by atoms with Gasteiger partial charge in [0.15, 0.2) is 0 Å². The molecule has 0 radical (unpaired) electrons. The van der Waals surface area contributed by atoms with Gasteiger partial charge in [0.25, 0.3) is 11.8 Å². The number of carbonyl (C=O) groups excluding carboxylic acids is 3. The van der Waals surface area contributed by atoms with Crippen LogP contribution in [0.4, 0.5) is 4.79 Å². The van der Waals surface area contributed by atoms with Gasteiger partial charge in [0.05, 0.1) is 0 Å². The van der Waals surface area contributed by atoms with Gasteiger partial charge in [-0.25, -0.2) is 4.79 Å². The molecule has 0 spiro atoms. The summed E-state index contributed by atoms with van der Waals surface area (Å²) in [6.07, 6.45) is 1.30. The summed E-state index contributed by atoms with van der Waals surface area (Å²) >= 11 is 5.94. The molecule has 3 rings (SSSR count). The number of barbiturate groups is 1. The van der Waals surface area contributed by atoms with Crippen molar-refractivity contribution in [3.05, 3.63) is 52.8 Å². The molecule has 6 nitrogen and oxygen atoms in total. The van der Waals surface area contributed by atoms with Crippen LogP contribution in [0.2, 0.25) is 5.02 Å². The maximum absolute atomic E-state index is 12.0. The summed E-state index contributed by atoms with van der Waals surface area (Å²) in [7, 11) is 1.29. The van der Waals surface area contributed by atoms with Crippen molar-refractivity contribution in [2.45, 2.75) is 0 Å². The molecule has 7 heteroatoms. The predicted molar refractivity (Wildman–Crippen MR) is 83.4 cm³/mol. The SMILES string of the molecule is CN1C(=O)NC(=O)/C(=C/c2ccc(-c3cccc(Cl)c3)o2)C1=O. The van der Waals surface area contributed by atoms with E-state index >= 15 is 0 Å². The minimum absolute atomic E-state index is 0.168. The van der Waals surface area contributed by atoms with Crippen LogP contribution in [-0.4, -0.2) is 29.8 Å². The van der Waals surface area contributed by atoms with Gasteiger partial charge in [-0.2, -0.15) is 0 Å². The topological polar surface area (TPSA) is 79.6 Å². The van der Waals surface area contributed by atoms with E-state index in [0.717, 1.165) is 10.5 Å². The minimum atomic E-state index is -0.754. The van der Waals surface area contributed by atoms with Crippen LogP contribution < -0.4 is 5.32 Å². The number of hydrogen-bond acceptors (Lipinski definition) is 4. The Kier molecular flexibility index (Phi) is 3.75. The standard InChI is InChI=1S/C16H11ClN2O4/c1-19-15(21)12(14(20)18-16(19)22)8-11-5-6-13(23-11)9-3-2-4-10(17)7-9/h2-8H,1H3,(H,18,20,22)/b12-8-. The van der Waals surface area contributed by atoms with E-state index in [1.54, 1.807) is 30.3 Å². The van der Waals surface area contributed by atoms with Crippen molar-refractivity contribution in [2.75, 3.05) is 7.05 Å². The molecule has 2 heterocycles. The summed E-state index contributed by atoms with van der Waals surface area (Å²) in [6, 6.07) is 9.68. The van der Waals surface area contributed by atoms with Crippen LogP contribution in [0.25, 0.3) is 17.4 Å². The Balaban J connectivity index is 1.93. The van der Waals surface area contributed by atoms with E-state index in [1.165, 1.54) is 13.1 Å². The van der Waals surface area contributed by atoms with Crippen molar-refractivity contribution in [1.82, 2.24) is 10.2 Å². The number of hydrogen-bond donors (Lipinski definition) is 1. The number of benzene rings is 1. The van der Waals surface area contributed by atoms with Crippen molar-refractivity contribution >= 4 is 35.5 Å². The molecule has 0 unspecified atom stereocenters. The molecule has 0 bridgehead atoms. The van der Waals surface area contributed by atoms with Gasteiger partial charge in [0, 0.05) is 17.6 Å². The normalized spacial score (nSPS) is 16.9. The zero-order valence-corrected chi connectivity index (χ0v) is 12.8. The number of urea groups is 1. The van der Waals surface area contributed by atoms with Crippen LogP contribution in [0.1, 0.15) is 5.76 Å². The summed E-state index contributed by atoms with van der Waals surface area (Å²) < 4.78 is 5.62. The molecule has 1 saturated heterocycles. The third kappa shape index (κ3) is 2.89. The fourth-order valence-corrected chi connectivity index (χ4v) is 2.31. The molecule has 1 aromatic heterocycles. The number of nitrogens with zero attached hydrogens (tertiary/aromatic N) is 1. The summed E-state index contributed by atoms with van der Waals surface area (Å²) in [5.74, 6) is -0.563. The first kappa shape index (κ1) is 15.1. The van der Waals surface area contributed by atoms with Gasteiger partial charge in [-0.1, -0.05) is 23.7 Å². The Morgan fingerprint density at radius 1 is 1.17 bits per heavy atom. The second kappa shape index (κ2) is 5.73. The van der Waals surface area contributed by atoms with Gasteiger partial charge < -0.3 is 4.42 Å². The number of halogens is 1. The van der Waals surface area contributed by atoms with Crippen LogP contribution in [-0.2, 0) is 9.59 Å². The molecule has 0 aliphatic carbocycles. The molecule has 1 aliphatic heterocycles. The van der Waals surface area contributed by atoms with E-state index in [9.17, 15) is 14.4 Å². The van der Waals surface area contributed by atoms with Crippen molar-refractivity contribution in [3.8, 4) is 11.3 Å². The molecule has 1 aromatic carbocycles. The van der Waals surface area contributed by atoms with E-state index in [-0.39, 0.29) is 5.57 Å². The van der Waals surface area contributed by atoms with E-state index in [4.69, 9.17) is 16.0 Å². The molecule has 1 aliphatic rings. The van der Waals surface area contributed by atoms with Crippen LogP contribution in [0.5, 0.6) is 0 Å². The zero-order valence-electron chi connectivity index (χ0n) is 12.0. The smallest absolute Gasteiger partial charge is 0.331 e. The minimum Gasteiger partial charge on any atom is -0.457 e. The Morgan fingerprint density at radius 3 is 2.70 bits per heavy atom. The first-order valence-electron chi connectivity index (χ1n) is 6.66. The molecular weight excluding hydrogens is 320 g/mol. The lowest BCUT2D eigenvalue weighted by molar-refractivity contribution is -0.129. The second-order valence-corrected chi connectivity index (χ2v) is 5.33. The number of imide groups is 2. The number of amides is 4. The highest BCUT2D eigenvalue weighted by Gasteiger charge is 2.33. The van der Waals surface area contributed by atoms with Gasteiger partial charge in [-0.3, -0.25) is 19.8 Å². The fraction of sp³-hybridized carbons (Fsp3) is 0.0625. The zero-order chi connectivity index (χ0) is 16.6. The number of likely N-dealkylation sites (N-methyl/N-ethyl adjacent to an activating group) is 1. The predicted octanol–water partition coefficient (Wildman–Crippen LogP) is 2.69. The largest absolute Gasteiger partial charge is 0.457 e. The molecule has 1 fully saturated rings. The van der Waals surface area contributed by atoms with Crippen molar-refractivity contribution in [2.24, 2.45) is 0 Å². The lowest BCUT2D eigenvalue weighted by Crippen LogP contribution is -2.52. The third-order valence-corrected chi connectivity index (χ3v) is 3.56. The summed E-state index contributed by atoms with van der Waals surface area (Å²) in [4.78, 5) is 35.9. The van der Waals surface area contributed by atoms with Crippen LogP contribution in [0, 0.1) is 0 Å². The lowest BCUT2D eigenvalue weighted by Gasteiger charge is -2.21. The average molecular weight is 331 g/mol. The number of furan rings is 1. The van der Waals surface area contributed by atoms with Crippen LogP contribution in [0.3, 0.4) is 0 Å². The van der Waals surface area contributed by atoms with Crippen LogP contribution in [0.15, 0.2) is 46.4 Å². The second-order valence-electron chi connectivity index (χ2n) is 4.89. The molecule has 0 saturated carbocycles. The molecule has 4 amide bonds. The molecule has 1 N–H and O–H groups in total. The maximum atomic E-state index is 12.0. The van der Waals surface area contributed by atoms with Gasteiger partial charge in [0.1, 0.15) is 17.1 Å². The first-order chi connectivity index (χ1) is 11.0. The number of rotatable bonds is 2. The van der Waals surface area contributed by atoms with Crippen LogP contribution >= 0.6 is 11.6 Å².